The van der Waals surface area contributed by atoms with E-state index in [2.05, 4.69) is 18.7 Å². The van der Waals surface area contributed by atoms with Gasteiger partial charge in [-0.1, -0.05) is 32.8 Å². The van der Waals surface area contributed by atoms with Gasteiger partial charge in [0.05, 0.1) is 11.5 Å². The van der Waals surface area contributed by atoms with Gasteiger partial charge in [0.1, 0.15) is 5.57 Å². The maximum absolute atomic E-state index is 13.7. The molecule has 33 heavy (non-hydrogen) atoms. The summed E-state index contributed by atoms with van der Waals surface area (Å²) in [6.45, 7) is 9.29. The molecule has 0 aromatic carbocycles. The van der Waals surface area contributed by atoms with E-state index >= 15 is 0 Å². The molecule has 7 nitrogen and oxygen atoms in total. The van der Waals surface area contributed by atoms with Crippen LogP contribution >= 0.6 is 11.3 Å². The number of carbonyl (C=O) groups is 3. The third-order valence-corrected chi connectivity index (χ3v) is 7.75. The van der Waals surface area contributed by atoms with Gasteiger partial charge in [0.2, 0.25) is 0 Å². The molecular weight excluding hydrogens is 438 g/mol. The van der Waals surface area contributed by atoms with Gasteiger partial charge in [0.25, 0.3) is 11.8 Å². The molecule has 3 heterocycles. The Balaban J connectivity index is 1.64. The molecule has 3 aliphatic rings. The largest absolute Gasteiger partial charge is 0.462 e. The molecule has 2 aliphatic heterocycles. The lowest BCUT2D eigenvalue weighted by Gasteiger charge is -2.49. The van der Waals surface area contributed by atoms with E-state index in [9.17, 15) is 14.4 Å². The normalized spacial score (nSPS) is 23.8. The summed E-state index contributed by atoms with van der Waals surface area (Å²) in [7, 11) is 0. The number of piperazine rings is 1. The first-order valence-corrected chi connectivity index (χ1v) is 13.1. The molecule has 0 spiro atoms. The number of thiophene rings is 1. The van der Waals surface area contributed by atoms with Crippen molar-refractivity contribution in [3.8, 4) is 0 Å². The number of amides is 2. The van der Waals surface area contributed by atoms with Gasteiger partial charge in [-0.05, 0) is 37.1 Å². The Hall–Kier alpha value is -2.35. The third kappa shape index (κ3) is 4.81. The lowest BCUT2D eigenvalue weighted by atomic mass is 9.76. The predicted octanol–water partition coefficient (Wildman–Crippen LogP) is 3.38. The molecule has 1 aromatic heterocycles. The van der Waals surface area contributed by atoms with Crippen molar-refractivity contribution in [2.75, 3.05) is 39.3 Å². The smallest absolute Gasteiger partial charge is 0.345 e. The van der Waals surface area contributed by atoms with Gasteiger partial charge < -0.3 is 19.4 Å². The lowest BCUT2D eigenvalue weighted by molar-refractivity contribution is -0.145. The van der Waals surface area contributed by atoms with Crippen LogP contribution in [0.2, 0.25) is 0 Å². The minimum Gasteiger partial charge on any atom is -0.462 e. The van der Waals surface area contributed by atoms with Crippen LogP contribution in [0.4, 0.5) is 0 Å². The van der Waals surface area contributed by atoms with Crippen molar-refractivity contribution in [2.45, 2.75) is 52.5 Å². The zero-order chi connectivity index (χ0) is 23.5. The fourth-order valence-electron chi connectivity index (χ4n) is 5.50. The van der Waals surface area contributed by atoms with Crippen LogP contribution in [-0.4, -0.2) is 77.9 Å². The van der Waals surface area contributed by atoms with Crippen molar-refractivity contribution >= 4 is 29.1 Å². The summed E-state index contributed by atoms with van der Waals surface area (Å²) < 4.78 is 5.38. The van der Waals surface area contributed by atoms with E-state index in [0.29, 0.717) is 38.6 Å². The second-order valence-corrected chi connectivity index (χ2v) is 10.5. The highest BCUT2D eigenvalue weighted by Crippen LogP contribution is 2.41. The number of ether oxygens (including phenoxy) is 1. The van der Waals surface area contributed by atoms with Crippen LogP contribution in [0.25, 0.3) is 0 Å². The number of hydrogen-bond donors (Lipinski definition) is 0. The third-order valence-electron chi connectivity index (χ3n) is 6.89. The Bertz CT molecular complexity index is 903. The van der Waals surface area contributed by atoms with Crippen molar-refractivity contribution in [1.29, 1.82) is 0 Å². The van der Waals surface area contributed by atoms with E-state index in [1.54, 1.807) is 6.92 Å². The number of esters is 1. The van der Waals surface area contributed by atoms with Crippen LogP contribution in [0.5, 0.6) is 0 Å². The van der Waals surface area contributed by atoms with Crippen LogP contribution in [0.3, 0.4) is 0 Å². The number of rotatable bonds is 6. The van der Waals surface area contributed by atoms with E-state index in [0.717, 1.165) is 36.3 Å². The monoisotopic (exact) mass is 473 g/mol. The first kappa shape index (κ1) is 23.8. The first-order valence-electron chi connectivity index (χ1n) is 12.2. The Labute approximate surface area is 200 Å². The van der Waals surface area contributed by atoms with Gasteiger partial charge in [0, 0.05) is 50.4 Å². The fraction of sp³-hybridized carbons (Fsp3) is 0.640. The zero-order valence-electron chi connectivity index (χ0n) is 19.9. The number of hydrogen-bond acceptors (Lipinski definition) is 6. The van der Waals surface area contributed by atoms with E-state index in [1.165, 1.54) is 11.3 Å². The van der Waals surface area contributed by atoms with Gasteiger partial charge in [-0.15, -0.1) is 11.3 Å². The topological polar surface area (TPSA) is 70.2 Å². The summed E-state index contributed by atoms with van der Waals surface area (Å²) in [5.41, 5.74) is 1.09. The van der Waals surface area contributed by atoms with E-state index in [1.807, 2.05) is 27.3 Å². The molecule has 0 radical (unpaired) electrons. The Kier molecular flexibility index (Phi) is 7.41. The number of fused-ring (bicyclic) bond motifs is 1. The van der Waals surface area contributed by atoms with Gasteiger partial charge in [-0.2, -0.15) is 0 Å². The molecule has 4 rings (SSSR count). The standard InChI is InChI=1S/C25H35N3O4S/c1-4-32-25(31)21-22(18-8-5-6-9-19(18)28(24(21)30)16-17(2)3)26-11-13-27(14-12-26)23(29)20-10-7-15-33-20/h7,10,15,17-19H,4-6,8-9,11-14,16H2,1-3H3. The second kappa shape index (κ2) is 10.3. The van der Waals surface area contributed by atoms with Crippen molar-refractivity contribution in [2.24, 2.45) is 11.8 Å². The molecule has 0 N–H and O–H groups in total. The van der Waals surface area contributed by atoms with Crippen LogP contribution < -0.4 is 0 Å². The summed E-state index contributed by atoms with van der Waals surface area (Å²) in [4.78, 5) is 46.3. The Morgan fingerprint density at radius 1 is 1.15 bits per heavy atom. The second-order valence-electron chi connectivity index (χ2n) is 9.55. The highest BCUT2D eigenvalue weighted by atomic mass is 32.1. The molecule has 1 saturated carbocycles. The molecule has 0 bridgehead atoms. The Morgan fingerprint density at radius 2 is 1.88 bits per heavy atom. The van der Waals surface area contributed by atoms with E-state index in [-0.39, 0.29) is 36.0 Å². The van der Waals surface area contributed by atoms with Crippen LogP contribution in [0.15, 0.2) is 28.8 Å². The SMILES string of the molecule is CCOC(=O)C1=C(N2CCN(C(=O)c3cccs3)CC2)C2CCCCC2N(CC(C)C)C1=O. The molecule has 2 atom stereocenters. The van der Waals surface area contributed by atoms with Crippen LogP contribution in [0, 0.1) is 11.8 Å². The maximum atomic E-state index is 13.7. The minimum absolute atomic E-state index is 0.0580. The van der Waals surface area contributed by atoms with Crippen LogP contribution in [0.1, 0.15) is 56.1 Å². The highest BCUT2D eigenvalue weighted by Gasteiger charge is 2.47. The Morgan fingerprint density at radius 3 is 2.52 bits per heavy atom. The summed E-state index contributed by atoms with van der Waals surface area (Å²) >= 11 is 1.46. The van der Waals surface area contributed by atoms with Gasteiger partial charge in [-0.25, -0.2) is 4.79 Å². The highest BCUT2D eigenvalue weighted by molar-refractivity contribution is 7.12. The quantitative estimate of drug-likeness (QED) is 0.468. The maximum Gasteiger partial charge on any atom is 0.345 e. The van der Waals surface area contributed by atoms with Crippen molar-refractivity contribution in [1.82, 2.24) is 14.7 Å². The average Bonchev–Trinajstić information content (AvgIpc) is 3.35. The average molecular weight is 474 g/mol. The van der Waals surface area contributed by atoms with Gasteiger partial charge >= 0.3 is 5.97 Å². The number of carbonyl (C=O) groups excluding carboxylic acids is 3. The van der Waals surface area contributed by atoms with E-state index < -0.39 is 5.97 Å². The first-order chi connectivity index (χ1) is 15.9. The van der Waals surface area contributed by atoms with E-state index in [4.69, 9.17) is 4.74 Å². The summed E-state index contributed by atoms with van der Waals surface area (Å²) in [6.07, 6.45) is 4.15. The summed E-state index contributed by atoms with van der Waals surface area (Å²) in [6, 6.07) is 3.88. The predicted molar refractivity (Wildman–Crippen MR) is 128 cm³/mol. The molecule has 2 amide bonds. The molecule has 1 aromatic rings. The molecular formula is C25H35N3O4S. The molecule has 1 aliphatic carbocycles. The van der Waals surface area contributed by atoms with Crippen molar-refractivity contribution in [3.63, 3.8) is 0 Å². The molecule has 2 fully saturated rings. The molecule has 1 saturated heterocycles. The molecule has 180 valence electrons. The van der Waals surface area contributed by atoms with Crippen molar-refractivity contribution in [3.05, 3.63) is 33.7 Å². The summed E-state index contributed by atoms with van der Waals surface area (Å²) in [5, 5.41) is 1.92. The lowest BCUT2D eigenvalue weighted by Crippen LogP contribution is -2.58. The van der Waals surface area contributed by atoms with Gasteiger partial charge in [-0.3, -0.25) is 9.59 Å². The summed E-state index contributed by atoms with van der Waals surface area (Å²) in [5.74, 6) is -0.158. The van der Waals surface area contributed by atoms with Crippen molar-refractivity contribution < 1.29 is 19.1 Å². The zero-order valence-corrected chi connectivity index (χ0v) is 20.7. The molecule has 8 heteroatoms. The van der Waals surface area contributed by atoms with Gasteiger partial charge in [0.15, 0.2) is 0 Å². The number of nitrogens with zero attached hydrogens (tertiary/aromatic N) is 3. The minimum atomic E-state index is -0.507. The van der Waals surface area contributed by atoms with Crippen LogP contribution in [-0.2, 0) is 14.3 Å². The molecule has 2 unspecified atom stereocenters. The fourth-order valence-corrected chi connectivity index (χ4v) is 6.19.